The maximum atomic E-state index is 4.33. The fraction of sp³-hybridized carbons (Fsp3) is 0.500. The molecule has 0 radical (unpaired) electrons. The van der Waals surface area contributed by atoms with E-state index in [1.807, 2.05) is 7.05 Å². The maximum Gasteiger partial charge on any atom is 0.191 e. The van der Waals surface area contributed by atoms with Gasteiger partial charge in [0.25, 0.3) is 0 Å². The Labute approximate surface area is 151 Å². The number of rotatable bonds is 4. The molecule has 0 unspecified atom stereocenters. The largest absolute Gasteiger partial charge is 0.356 e. The Kier molecular flexibility index (Phi) is 7.39. The summed E-state index contributed by atoms with van der Waals surface area (Å²) in [5.74, 6) is 0.893. The topological polar surface area (TPSA) is 36.4 Å². The molecule has 0 spiro atoms. The molecule has 0 amide bonds. The molecule has 1 aromatic carbocycles. The smallest absolute Gasteiger partial charge is 0.191 e. The van der Waals surface area contributed by atoms with Gasteiger partial charge in [-0.25, -0.2) is 0 Å². The summed E-state index contributed by atoms with van der Waals surface area (Å²) in [5, 5.41) is 6.94. The van der Waals surface area contributed by atoms with Crippen LogP contribution in [0.15, 0.2) is 41.4 Å². The normalized spacial score (nSPS) is 15.5. The number of benzene rings is 1. The number of nitrogens with zero attached hydrogens (tertiary/aromatic N) is 1. The zero-order valence-electron chi connectivity index (χ0n) is 14.0. The van der Waals surface area contributed by atoms with Crippen LogP contribution in [0.4, 0.5) is 0 Å². The zero-order valence-corrected chi connectivity index (χ0v) is 16.3. The molecule has 3 nitrogen and oxygen atoms in total. The third-order valence-corrected chi connectivity index (χ3v) is 4.07. The second-order valence-electron chi connectivity index (χ2n) is 6.46. The van der Waals surface area contributed by atoms with Gasteiger partial charge in [-0.1, -0.05) is 55.8 Å². The Balaban J connectivity index is 0.00000242. The number of nitrogens with one attached hydrogen (secondary N) is 2. The minimum atomic E-state index is 0. The highest BCUT2D eigenvalue weighted by molar-refractivity contribution is 14.0. The molecule has 1 aromatic rings. The minimum Gasteiger partial charge on any atom is -0.356 e. The summed E-state index contributed by atoms with van der Waals surface area (Å²) in [6.45, 7) is 7.52. The first-order valence-corrected chi connectivity index (χ1v) is 7.70. The Bertz CT molecular complexity index is 527. The van der Waals surface area contributed by atoms with Gasteiger partial charge < -0.3 is 10.6 Å². The summed E-state index contributed by atoms with van der Waals surface area (Å²) in [6.07, 6.45) is 6.62. The summed E-state index contributed by atoms with van der Waals surface area (Å²) < 4.78 is 0. The monoisotopic (exact) mass is 413 g/mol. The van der Waals surface area contributed by atoms with E-state index in [1.54, 1.807) is 0 Å². The number of guanidine groups is 1. The molecule has 0 aliphatic heterocycles. The van der Waals surface area contributed by atoms with E-state index < -0.39 is 0 Å². The van der Waals surface area contributed by atoms with Crippen LogP contribution in [-0.4, -0.2) is 25.6 Å². The highest BCUT2D eigenvalue weighted by Crippen LogP contribution is 2.23. The fourth-order valence-electron chi connectivity index (χ4n) is 2.60. The van der Waals surface area contributed by atoms with Gasteiger partial charge in [-0.15, -0.1) is 24.0 Å². The second kappa shape index (κ2) is 8.56. The van der Waals surface area contributed by atoms with Crippen molar-refractivity contribution in [1.82, 2.24) is 10.6 Å². The van der Waals surface area contributed by atoms with E-state index in [1.165, 1.54) is 11.1 Å². The Morgan fingerprint density at radius 2 is 1.95 bits per heavy atom. The van der Waals surface area contributed by atoms with E-state index in [4.69, 9.17) is 0 Å². The molecule has 2 N–H and O–H groups in total. The van der Waals surface area contributed by atoms with E-state index in [9.17, 15) is 0 Å². The van der Waals surface area contributed by atoms with E-state index in [0.717, 1.165) is 25.3 Å². The van der Waals surface area contributed by atoms with E-state index >= 15 is 0 Å². The van der Waals surface area contributed by atoms with Crippen molar-refractivity contribution in [2.45, 2.75) is 45.1 Å². The highest BCUT2D eigenvalue weighted by atomic mass is 127. The van der Waals surface area contributed by atoms with E-state index in [-0.39, 0.29) is 29.4 Å². The van der Waals surface area contributed by atoms with Crippen LogP contribution in [0.2, 0.25) is 0 Å². The van der Waals surface area contributed by atoms with Crippen molar-refractivity contribution in [1.29, 1.82) is 0 Å². The van der Waals surface area contributed by atoms with Crippen molar-refractivity contribution in [2.75, 3.05) is 13.6 Å². The van der Waals surface area contributed by atoms with Crippen LogP contribution < -0.4 is 10.6 Å². The lowest BCUT2D eigenvalue weighted by Crippen LogP contribution is -2.46. The van der Waals surface area contributed by atoms with Crippen LogP contribution >= 0.6 is 24.0 Å². The molecule has 0 bridgehead atoms. The van der Waals surface area contributed by atoms with Gasteiger partial charge in [-0.05, 0) is 25.3 Å². The van der Waals surface area contributed by atoms with Gasteiger partial charge in [0.05, 0.1) is 0 Å². The van der Waals surface area contributed by atoms with Crippen molar-refractivity contribution in [3.05, 3.63) is 47.5 Å². The Hall–Kier alpha value is -1.04. The molecule has 0 heterocycles. The van der Waals surface area contributed by atoms with E-state index in [0.29, 0.717) is 6.04 Å². The fourth-order valence-corrected chi connectivity index (χ4v) is 2.60. The van der Waals surface area contributed by atoms with Crippen molar-refractivity contribution in [3.63, 3.8) is 0 Å². The first-order chi connectivity index (χ1) is 10.0. The first-order valence-electron chi connectivity index (χ1n) is 7.70. The van der Waals surface area contributed by atoms with Gasteiger partial charge in [0.15, 0.2) is 5.96 Å². The number of hydrogen-bond acceptors (Lipinski definition) is 1. The zero-order chi connectivity index (χ0) is 15.3. The van der Waals surface area contributed by atoms with Gasteiger partial charge in [0.2, 0.25) is 0 Å². The lowest BCUT2D eigenvalue weighted by Gasteiger charge is -2.28. The number of aliphatic imine (C=N–C) groups is 1. The molecule has 1 aliphatic carbocycles. The SMILES string of the molecule is CN=C(NCC(C)(C)c1cccc(C)c1)NC1CC=CC1.I. The molecule has 4 heteroatoms. The molecule has 22 heavy (non-hydrogen) atoms. The van der Waals surface area contributed by atoms with Gasteiger partial charge in [0.1, 0.15) is 0 Å². The molecule has 2 rings (SSSR count). The minimum absolute atomic E-state index is 0. The van der Waals surface area contributed by atoms with Crippen LogP contribution in [0.1, 0.15) is 37.8 Å². The van der Waals surface area contributed by atoms with Crippen molar-refractivity contribution >= 4 is 29.9 Å². The van der Waals surface area contributed by atoms with Crippen LogP contribution in [0.25, 0.3) is 0 Å². The Morgan fingerprint density at radius 1 is 1.27 bits per heavy atom. The predicted octanol–water partition coefficient (Wildman–Crippen LogP) is 3.77. The molecule has 0 fully saturated rings. The van der Waals surface area contributed by atoms with Crippen LogP contribution in [0.5, 0.6) is 0 Å². The van der Waals surface area contributed by atoms with Crippen molar-refractivity contribution in [3.8, 4) is 0 Å². The highest BCUT2D eigenvalue weighted by Gasteiger charge is 2.21. The van der Waals surface area contributed by atoms with Gasteiger partial charge >= 0.3 is 0 Å². The lowest BCUT2D eigenvalue weighted by atomic mass is 9.84. The van der Waals surface area contributed by atoms with E-state index in [2.05, 4.69) is 72.8 Å². The summed E-state index contributed by atoms with van der Waals surface area (Å²) in [6, 6.07) is 9.22. The molecule has 0 aromatic heterocycles. The van der Waals surface area contributed by atoms with Crippen molar-refractivity contribution in [2.24, 2.45) is 4.99 Å². The molecule has 0 atom stereocenters. The summed E-state index contributed by atoms with van der Waals surface area (Å²) in [7, 11) is 1.83. The van der Waals surface area contributed by atoms with Crippen LogP contribution in [0, 0.1) is 6.92 Å². The second-order valence-corrected chi connectivity index (χ2v) is 6.46. The molecular formula is C18H28IN3. The lowest BCUT2D eigenvalue weighted by molar-refractivity contribution is 0.504. The average Bonchev–Trinajstić information content (AvgIpc) is 2.96. The molecule has 122 valence electrons. The maximum absolute atomic E-state index is 4.33. The van der Waals surface area contributed by atoms with Gasteiger partial charge in [-0.2, -0.15) is 0 Å². The molecule has 0 saturated carbocycles. The Morgan fingerprint density at radius 3 is 2.55 bits per heavy atom. The predicted molar refractivity (Wildman–Crippen MR) is 106 cm³/mol. The molecule has 1 aliphatic rings. The van der Waals surface area contributed by atoms with Crippen molar-refractivity contribution < 1.29 is 0 Å². The number of hydrogen-bond donors (Lipinski definition) is 2. The molecular weight excluding hydrogens is 385 g/mol. The quantitative estimate of drug-likeness (QED) is 0.341. The third kappa shape index (κ3) is 5.30. The first kappa shape index (κ1) is 19.0. The average molecular weight is 413 g/mol. The van der Waals surface area contributed by atoms with Crippen LogP contribution in [-0.2, 0) is 5.41 Å². The van der Waals surface area contributed by atoms with Gasteiger partial charge in [-0.3, -0.25) is 4.99 Å². The number of halogens is 1. The number of aryl methyl sites for hydroxylation is 1. The van der Waals surface area contributed by atoms with Crippen LogP contribution in [0.3, 0.4) is 0 Å². The summed E-state index contributed by atoms with van der Waals surface area (Å²) >= 11 is 0. The molecule has 0 saturated heterocycles. The summed E-state index contributed by atoms with van der Waals surface area (Å²) in [5.41, 5.74) is 2.73. The standard InChI is InChI=1S/C18H27N3.HI/c1-14-8-7-9-15(12-14)18(2,3)13-20-17(19-4)21-16-10-5-6-11-16;/h5-9,12,16H,10-11,13H2,1-4H3,(H2,19,20,21);1H. The summed E-state index contributed by atoms with van der Waals surface area (Å²) in [4.78, 5) is 4.33. The third-order valence-electron chi connectivity index (χ3n) is 4.07. The van der Waals surface area contributed by atoms with Gasteiger partial charge in [0, 0.05) is 25.0 Å².